The quantitative estimate of drug-likeness (QED) is 0.357. The Morgan fingerprint density at radius 3 is 2.69 bits per heavy atom. The molecule has 1 unspecified atom stereocenters. The molecule has 0 radical (unpaired) electrons. The van der Waals surface area contributed by atoms with E-state index in [1.165, 1.54) is 0 Å². The monoisotopic (exact) mass is 475 g/mol. The average Bonchev–Trinajstić information content (AvgIpc) is 3.20. The topological polar surface area (TPSA) is 126 Å². The van der Waals surface area contributed by atoms with Gasteiger partial charge in [-0.2, -0.15) is 4.98 Å². The van der Waals surface area contributed by atoms with Gasteiger partial charge in [0.1, 0.15) is 5.82 Å². The number of benzene rings is 1. The molecule has 2 atom stereocenters. The lowest BCUT2D eigenvalue weighted by Crippen LogP contribution is -2.21. The number of aliphatic hydroxyl groups excluding tert-OH is 1. The van der Waals surface area contributed by atoms with Crippen molar-refractivity contribution in [3.8, 4) is 10.4 Å². The third kappa shape index (κ3) is 6.02. The van der Waals surface area contributed by atoms with Crippen molar-refractivity contribution in [3.63, 3.8) is 0 Å². The average molecular weight is 476 g/mol. The van der Waals surface area contributed by atoms with Crippen LogP contribution in [0.15, 0.2) is 51.2 Å². The van der Waals surface area contributed by atoms with Crippen LogP contribution in [0.2, 0.25) is 0 Å². The summed E-state index contributed by atoms with van der Waals surface area (Å²) in [7, 11) is -2.24. The molecule has 3 N–H and O–H groups in total. The van der Waals surface area contributed by atoms with Crippen molar-refractivity contribution >= 4 is 45.5 Å². The van der Waals surface area contributed by atoms with Crippen LogP contribution < -0.4 is 10.6 Å². The lowest BCUT2D eigenvalue weighted by Gasteiger charge is -2.16. The zero-order valence-electron chi connectivity index (χ0n) is 17.9. The summed E-state index contributed by atoms with van der Waals surface area (Å²) in [6.07, 6.45) is 0.895. The Balaban J connectivity index is 1.83. The number of nitrogens with zero attached hydrogens (tertiary/aromatic N) is 3. The van der Waals surface area contributed by atoms with Crippen molar-refractivity contribution in [2.45, 2.75) is 31.7 Å². The Morgan fingerprint density at radius 1 is 1.31 bits per heavy atom. The Kier molecular flexibility index (Phi) is 8.14. The highest BCUT2D eigenvalue weighted by atomic mass is 32.2. The van der Waals surface area contributed by atoms with Gasteiger partial charge in [-0.3, -0.25) is 0 Å². The molecule has 0 saturated heterocycles. The molecule has 32 heavy (non-hydrogen) atoms. The summed E-state index contributed by atoms with van der Waals surface area (Å²) in [6, 6.07) is 8.48. The van der Waals surface area contributed by atoms with Crippen molar-refractivity contribution in [2.75, 3.05) is 23.8 Å². The summed E-state index contributed by atoms with van der Waals surface area (Å²) in [5.41, 5.74) is 2.66. The molecule has 1 amide bonds. The molecule has 2 heterocycles. The number of nitrogens with one attached hydrogen (secondary N) is 2. The number of rotatable bonds is 8. The van der Waals surface area contributed by atoms with Gasteiger partial charge >= 0.3 is 6.09 Å². The van der Waals surface area contributed by atoms with E-state index >= 15 is 0 Å². The van der Waals surface area contributed by atoms with Crippen molar-refractivity contribution < 1.29 is 18.8 Å². The molecule has 2 aromatic heterocycles. The van der Waals surface area contributed by atoms with Gasteiger partial charge in [0, 0.05) is 27.7 Å². The standard InChI is InChI=1S/C21H25N5O4S2/c1-4-30-21(28)26-32(29)16-7-5-15(6-8-16)24-20-22-11-17(18-13(2)9-10-31-18)19(25-20)23-14(3)12-27/h5-11,14,27,32H,4,12H2,1-3H3,(H2,22,23,24,25)/t14-/m1/s1. The number of amides is 1. The van der Waals surface area contributed by atoms with Crippen LogP contribution in [-0.4, -0.2) is 44.6 Å². The number of carbonyl (C=O) groups is 1. The number of anilines is 3. The molecule has 3 aromatic rings. The SMILES string of the molecule is CCOC(=O)/N=[SH](=O)/c1ccc(Nc2ncc(-c3sccc3C)c(N[C@H](C)CO)n2)cc1. The molecule has 0 aliphatic heterocycles. The number of carbonyl (C=O) groups excluding carboxylic acids is 1. The lowest BCUT2D eigenvalue weighted by atomic mass is 10.1. The van der Waals surface area contributed by atoms with Gasteiger partial charge in [0.05, 0.1) is 29.4 Å². The Morgan fingerprint density at radius 2 is 2.06 bits per heavy atom. The van der Waals surface area contributed by atoms with Crippen LogP contribution in [0.4, 0.5) is 22.2 Å². The maximum atomic E-state index is 12.2. The van der Waals surface area contributed by atoms with Crippen LogP contribution in [0.1, 0.15) is 19.4 Å². The van der Waals surface area contributed by atoms with Crippen LogP contribution in [0, 0.1) is 6.92 Å². The molecular weight excluding hydrogens is 450 g/mol. The highest BCUT2D eigenvalue weighted by molar-refractivity contribution is 7.75. The third-order valence-corrected chi connectivity index (χ3v) is 6.47. The molecule has 11 heteroatoms. The van der Waals surface area contributed by atoms with E-state index in [4.69, 9.17) is 0 Å². The molecule has 1 aromatic carbocycles. The van der Waals surface area contributed by atoms with E-state index in [0.717, 1.165) is 16.0 Å². The highest BCUT2D eigenvalue weighted by Gasteiger charge is 2.14. The number of hydrogen-bond acceptors (Lipinski definition) is 9. The first-order chi connectivity index (χ1) is 15.4. The second-order valence-corrected chi connectivity index (χ2v) is 9.04. The summed E-state index contributed by atoms with van der Waals surface area (Å²) in [4.78, 5) is 21.9. The highest BCUT2D eigenvalue weighted by Crippen LogP contribution is 2.34. The van der Waals surface area contributed by atoms with Crippen LogP contribution in [-0.2, 0) is 15.3 Å². The second-order valence-electron chi connectivity index (χ2n) is 6.86. The molecule has 0 aliphatic rings. The number of thiol groups is 1. The lowest BCUT2D eigenvalue weighted by molar-refractivity contribution is 0.164. The summed E-state index contributed by atoms with van der Waals surface area (Å²) < 4.78 is 20.4. The van der Waals surface area contributed by atoms with E-state index < -0.39 is 16.7 Å². The van der Waals surface area contributed by atoms with E-state index in [1.54, 1.807) is 48.7 Å². The summed E-state index contributed by atoms with van der Waals surface area (Å²) in [6.45, 7) is 5.68. The third-order valence-electron chi connectivity index (χ3n) is 4.34. The predicted molar refractivity (Wildman–Crippen MR) is 127 cm³/mol. The normalized spacial score (nSPS) is 12.9. The van der Waals surface area contributed by atoms with Gasteiger partial charge in [-0.05, 0) is 62.0 Å². The van der Waals surface area contributed by atoms with E-state index in [9.17, 15) is 14.1 Å². The van der Waals surface area contributed by atoms with Crippen LogP contribution in [0.3, 0.4) is 0 Å². The van der Waals surface area contributed by atoms with Crippen molar-refractivity contribution in [1.29, 1.82) is 0 Å². The van der Waals surface area contributed by atoms with E-state index in [1.807, 2.05) is 25.3 Å². The van der Waals surface area contributed by atoms with Crippen LogP contribution in [0.5, 0.6) is 0 Å². The van der Waals surface area contributed by atoms with Crippen LogP contribution in [0.25, 0.3) is 10.4 Å². The van der Waals surface area contributed by atoms with Crippen LogP contribution >= 0.6 is 11.3 Å². The second kappa shape index (κ2) is 11.0. The first-order valence-corrected chi connectivity index (χ1v) is 12.0. The summed E-state index contributed by atoms with van der Waals surface area (Å²) in [5, 5.41) is 17.8. The minimum absolute atomic E-state index is 0.0356. The van der Waals surface area contributed by atoms with E-state index in [2.05, 4.69) is 29.7 Å². The van der Waals surface area contributed by atoms with E-state index in [-0.39, 0.29) is 19.3 Å². The zero-order chi connectivity index (χ0) is 23.1. The van der Waals surface area contributed by atoms with E-state index in [0.29, 0.717) is 22.3 Å². The van der Waals surface area contributed by atoms with Gasteiger partial charge in [-0.25, -0.2) is 14.0 Å². The molecular formula is C21H25N5O4S2. The molecule has 170 valence electrons. The minimum atomic E-state index is -2.24. The molecule has 0 fully saturated rings. The number of ether oxygens (including phenoxy) is 1. The van der Waals surface area contributed by atoms with Gasteiger partial charge in [-0.1, -0.05) is 0 Å². The molecule has 0 spiro atoms. The number of aliphatic hydroxyl groups is 1. The summed E-state index contributed by atoms with van der Waals surface area (Å²) in [5.74, 6) is 0.978. The maximum absolute atomic E-state index is 12.2. The molecule has 0 aliphatic carbocycles. The largest absolute Gasteiger partial charge is 0.448 e. The Hall–Kier alpha value is -3.02. The van der Waals surface area contributed by atoms with Gasteiger partial charge in [-0.15, -0.1) is 15.7 Å². The number of hydrogen-bond donors (Lipinski definition) is 4. The Labute approximate surface area is 192 Å². The first kappa shape index (κ1) is 23.6. The number of thiophene rings is 1. The van der Waals surface area contributed by atoms with Gasteiger partial charge in [0.15, 0.2) is 0 Å². The molecule has 9 nitrogen and oxygen atoms in total. The first-order valence-electron chi connectivity index (χ1n) is 9.93. The summed E-state index contributed by atoms with van der Waals surface area (Å²) >= 11 is 1.60. The fourth-order valence-electron chi connectivity index (χ4n) is 2.73. The van der Waals surface area contributed by atoms with Crippen molar-refractivity contribution in [1.82, 2.24) is 9.97 Å². The van der Waals surface area contributed by atoms with Crippen molar-refractivity contribution in [2.24, 2.45) is 4.36 Å². The van der Waals surface area contributed by atoms with Gasteiger partial charge < -0.3 is 20.5 Å². The minimum Gasteiger partial charge on any atom is -0.448 e. The molecule has 3 rings (SSSR count). The fraction of sp³-hybridized carbons (Fsp3) is 0.286. The smallest absolute Gasteiger partial charge is 0.441 e. The number of aromatic nitrogens is 2. The fourth-order valence-corrected chi connectivity index (χ4v) is 4.40. The number of aryl methyl sites for hydroxylation is 1. The van der Waals surface area contributed by atoms with Gasteiger partial charge in [0.25, 0.3) is 0 Å². The Bertz CT molecular complexity index is 1160. The maximum Gasteiger partial charge on any atom is 0.441 e. The molecule has 0 bridgehead atoms. The molecule has 0 saturated carbocycles. The van der Waals surface area contributed by atoms with Gasteiger partial charge in [0.2, 0.25) is 5.95 Å². The zero-order valence-corrected chi connectivity index (χ0v) is 19.6. The predicted octanol–water partition coefficient (Wildman–Crippen LogP) is 4.23. The van der Waals surface area contributed by atoms with Crippen molar-refractivity contribution in [3.05, 3.63) is 47.5 Å².